The van der Waals surface area contributed by atoms with Gasteiger partial charge in [-0.1, -0.05) is 30.3 Å². The lowest BCUT2D eigenvalue weighted by atomic mass is 9.72. The third-order valence-corrected chi connectivity index (χ3v) is 5.24. The van der Waals surface area contributed by atoms with Gasteiger partial charge in [-0.05, 0) is 44.6 Å². The quantitative estimate of drug-likeness (QED) is 0.772. The lowest BCUT2D eigenvalue weighted by Gasteiger charge is -2.41. The van der Waals surface area contributed by atoms with Crippen molar-refractivity contribution in [3.8, 4) is 0 Å². The number of carbonyl (C=O) groups excluding carboxylic acids is 1. The number of amides is 1. The van der Waals surface area contributed by atoms with E-state index in [-0.39, 0.29) is 17.1 Å². The Morgan fingerprint density at radius 1 is 1.19 bits per heavy atom. The van der Waals surface area contributed by atoms with Crippen LogP contribution in [0.2, 0.25) is 0 Å². The SMILES string of the molecule is CN1CCC(CNC(=O)c2nc3ncccn3n2)(c2ccccc2)CC1. The molecule has 134 valence electrons. The molecule has 0 unspecified atom stereocenters. The van der Waals surface area contributed by atoms with E-state index in [0.717, 1.165) is 25.9 Å². The fourth-order valence-corrected chi connectivity index (χ4v) is 3.56. The van der Waals surface area contributed by atoms with Gasteiger partial charge in [0.15, 0.2) is 0 Å². The molecule has 3 heterocycles. The minimum Gasteiger partial charge on any atom is -0.348 e. The first-order chi connectivity index (χ1) is 12.7. The summed E-state index contributed by atoms with van der Waals surface area (Å²) >= 11 is 0. The number of fused-ring (bicyclic) bond motifs is 1. The highest BCUT2D eigenvalue weighted by Crippen LogP contribution is 2.34. The van der Waals surface area contributed by atoms with Crippen LogP contribution in [0.3, 0.4) is 0 Å². The van der Waals surface area contributed by atoms with Crippen molar-refractivity contribution in [1.29, 1.82) is 0 Å². The van der Waals surface area contributed by atoms with Crippen molar-refractivity contribution in [2.24, 2.45) is 0 Å². The number of hydrogen-bond acceptors (Lipinski definition) is 5. The van der Waals surface area contributed by atoms with Gasteiger partial charge in [0, 0.05) is 24.4 Å². The van der Waals surface area contributed by atoms with Crippen LogP contribution in [0.1, 0.15) is 29.0 Å². The van der Waals surface area contributed by atoms with Crippen molar-refractivity contribution >= 4 is 11.7 Å². The average Bonchev–Trinajstić information content (AvgIpc) is 3.13. The van der Waals surface area contributed by atoms with Crippen LogP contribution < -0.4 is 5.32 Å². The molecule has 0 atom stereocenters. The molecule has 1 saturated heterocycles. The highest BCUT2D eigenvalue weighted by Gasteiger charge is 2.36. The highest BCUT2D eigenvalue weighted by molar-refractivity contribution is 5.90. The van der Waals surface area contributed by atoms with Gasteiger partial charge in [0.2, 0.25) is 5.82 Å². The van der Waals surface area contributed by atoms with E-state index in [4.69, 9.17) is 0 Å². The van der Waals surface area contributed by atoms with Gasteiger partial charge in [-0.25, -0.2) is 9.50 Å². The van der Waals surface area contributed by atoms with E-state index in [0.29, 0.717) is 12.3 Å². The van der Waals surface area contributed by atoms with Crippen LogP contribution in [0, 0.1) is 0 Å². The number of nitrogens with one attached hydrogen (secondary N) is 1. The molecule has 2 aromatic heterocycles. The van der Waals surface area contributed by atoms with Gasteiger partial charge in [0.1, 0.15) is 0 Å². The smallest absolute Gasteiger partial charge is 0.291 e. The lowest BCUT2D eigenvalue weighted by Crippen LogP contribution is -2.48. The Hall–Kier alpha value is -2.80. The number of likely N-dealkylation sites (tertiary alicyclic amines) is 1. The molecule has 7 heteroatoms. The van der Waals surface area contributed by atoms with Crippen LogP contribution in [0.25, 0.3) is 5.78 Å². The lowest BCUT2D eigenvalue weighted by molar-refractivity contribution is 0.0917. The second-order valence-corrected chi connectivity index (χ2v) is 6.93. The summed E-state index contributed by atoms with van der Waals surface area (Å²) in [6.07, 6.45) is 5.38. The summed E-state index contributed by atoms with van der Waals surface area (Å²) in [7, 11) is 2.14. The number of benzene rings is 1. The van der Waals surface area contributed by atoms with Crippen molar-refractivity contribution < 1.29 is 4.79 Å². The first-order valence-electron chi connectivity index (χ1n) is 8.86. The maximum absolute atomic E-state index is 12.6. The molecule has 4 rings (SSSR count). The van der Waals surface area contributed by atoms with E-state index in [1.54, 1.807) is 18.5 Å². The molecule has 7 nitrogen and oxygen atoms in total. The molecular formula is C19H22N6O. The summed E-state index contributed by atoms with van der Waals surface area (Å²) in [5.41, 5.74) is 1.22. The van der Waals surface area contributed by atoms with Gasteiger partial charge in [-0.15, -0.1) is 5.10 Å². The van der Waals surface area contributed by atoms with Gasteiger partial charge in [0.25, 0.3) is 11.7 Å². The summed E-state index contributed by atoms with van der Waals surface area (Å²) in [6.45, 7) is 2.61. The Bertz CT molecular complexity index is 866. The van der Waals surface area contributed by atoms with Crippen molar-refractivity contribution in [2.45, 2.75) is 18.3 Å². The van der Waals surface area contributed by atoms with Gasteiger partial charge in [-0.3, -0.25) is 4.79 Å². The normalized spacial score (nSPS) is 17.3. The summed E-state index contributed by atoms with van der Waals surface area (Å²) in [5, 5.41) is 7.27. The first-order valence-corrected chi connectivity index (χ1v) is 8.86. The maximum atomic E-state index is 12.6. The third kappa shape index (κ3) is 3.17. The summed E-state index contributed by atoms with van der Waals surface area (Å²) in [6, 6.07) is 12.2. The molecule has 0 bridgehead atoms. The molecule has 1 aromatic carbocycles. The molecule has 1 aliphatic heterocycles. The van der Waals surface area contributed by atoms with Gasteiger partial charge >= 0.3 is 0 Å². The number of nitrogens with zero attached hydrogens (tertiary/aromatic N) is 5. The summed E-state index contributed by atoms with van der Waals surface area (Å²) < 4.78 is 1.51. The number of carbonyl (C=O) groups is 1. The van der Waals surface area contributed by atoms with Crippen LogP contribution in [0.5, 0.6) is 0 Å². The predicted octanol–water partition coefficient (Wildman–Crippen LogP) is 1.52. The van der Waals surface area contributed by atoms with Crippen LogP contribution in [-0.2, 0) is 5.41 Å². The molecule has 1 amide bonds. The number of hydrogen-bond donors (Lipinski definition) is 1. The second-order valence-electron chi connectivity index (χ2n) is 6.93. The number of rotatable bonds is 4. The van der Waals surface area contributed by atoms with Crippen molar-refractivity contribution in [2.75, 3.05) is 26.7 Å². The Morgan fingerprint density at radius 3 is 2.69 bits per heavy atom. The molecule has 1 aliphatic rings. The van der Waals surface area contributed by atoms with Gasteiger partial charge < -0.3 is 10.2 Å². The monoisotopic (exact) mass is 350 g/mol. The topological polar surface area (TPSA) is 75.4 Å². The molecule has 1 fully saturated rings. The van der Waals surface area contributed by atoms with Crippen molar-refractivity contribution in [3.63, 3.8) is 0 Å². The fourth-order valence-electron chi connectivity index (χ4n) is 3.56. The molecule has 0 saturated carbocycles. The summed E-state index contributed by atoms with van der Waals surface area (Å²) in [5.74, 6) is 0.319. The number of piperidine rings is 1. The molecular weight excluding hydrogens is 328 g/mol. The number of aromatic nitrogens is 4. The average molecular weight is 350 g/mol. The van der Waals surface area contributed by atoms with E-state index < -0.39 is 0 Å². The van der Waals surface area contributed by atoms with E-state index in [1.165, 1.54) is 10.1 Å². The van der Waals surface area contributed by atoms with Crippen LogP contribution in [0.4, 0.5) is 0 Å². The third-order valence-electron chi connectivity index (χ3n) is 5.24. The molecule has 1 N–H and O–H groups in total. The summed E-state index contributed by atoms with van der Waals surface area (Å²) in [4.78, 5) is 23.3. The van der Waals surface area contributed by atoms with Gasteiger partial charge in [-0.2, -0.15) is 4.98 Å². The Labute approximate surface area is 152 Å². The minimum absolute atomic E-state index is 0.0547. The molecule has 26 heavy (non-hydrogen) atoms. The van der Waals surface area contributed by atoms with Crippen LogP contribution in [-0.4, -0.2) is 57.1 Å². The van der Waals surface area contributed by atoms with E-state index >= 15 is 0 Å². The van der Waals surface area contributed by atoms with Crippen molar-refractivity contribution in [3.05, 3.63) is 60.2 Å². The van der Waals surface area contributed by atoms with Crippen LogP contribution in [0.15, 0.2) is 48.8 Å². The first kappa shape index (κ1) is 16.7. The molecule has 0 spiro atoms. The molecule has 0 radical (unpaired) electrons. The molecule has 3 aromatic rings. The fraction of sp³-hybridized carbons (Fsp3) is 0.368. The van der Waals surface area contributed by atoms with Gasteiger partial charge in [0.05, 0.1) is 0 Å². The van der Waals surface area contributed by atoms with Crippen molar-refractivity contribution in [1.82, 2.24) is 29.8 Å². The molecule has 0 aliphatic carbocycles. The van der Waals surface area contributed by atoms with E-state index in [1.807, 2.05) is 6.07 Å². The highest BCUT2D eigenvalue weighted by atomic mass is 16.2. The Morgan fingerprint density at radius 2 is 1.96 bits per heavy atom. The second kappa shape index (κ2) is 6.84. The standard InChI is InChI=1S/C19H22N6O/c1-24-12-8-19(9-13-24,15-6-3-2-4-7-15)14-21-17(26)16-22-18-20-10-5-11-25(18)23-16/h2-7,10-11H,8-9,12-14H2,1H3,(H,21,26). The largest absolute Gasteiger partial charge is 0.348 e. The maximum Gasteiger partial charge on any atom is 0.291 e. The minimum atomic E-state index is -0.260. The zero-order valence-electron chi connectivity index (χ0n) is 14.8. The zero-order chi connectivity index (χ0) is 18.0. The zero-order valence-corrected chi connectivity index (χ0v) is 14.8. The van der Waals surface area contributed by atoms with Crippen LogP contribution >= 0.6 is 0 Å². The predicted molar refractivity (Wildman–Crippen MR) is 98.0 cm³/mol. The van der Waals surface area contributed by atoms with E-state index in [2.05, 4.69) is 56.6 Å². The Kier molecular flexibility index (Phi) is 4.38. The Balaban J connectivity index is 1.53. The van der Waals surface area contributed by atoms with E-state index in [9.17, 15) is 4.79 Å².